The van der Waals surface area contributed by atoms with Crippen LogP contribution < -0.4 is 10.6 Å². The summed E-state index contributed by atoms with van der Waals surface area (Å²) in [5.41, 5.74) is -0.0371. The molecule has 0 aliphatic heterocycles. The Morgan fingerprint density at radius 2 is 1.83 bits per heavy atom. The second kappa shape index (κ2) is 8.31. The van der Waals surface area contributed by atoms with Crippen molar-refractivity contribution in [2.45, 2.75) is 6.92 Å². The Bertz CT molecular complexity index is 1100. The average Bonchev–Trinajstić information content (AvgIpc) is 3.08. The lowest BCUT2D eigenvalue weighted by Gasteiger charge is -2.07. The molecule has 0 saturated heterocycles. The van der Waals surface area contributed by atoms with Crippen LogP contribution in [0.5, 0.6) is 0 Å². The summed E-state index contributed by atoms with van der Waals surface area (Å²) in [6.45, 7) is 1.04. The zero-order valence-corrected chi connectivity index (χ0v) is 15.6. The van der Waals surface area contributed by atoms with Gasteiger partial charge in [-0.1, -0.05) is 23.7 Å². The van der Waals surface area contributed by atoms with Crippen molar-refractivity contribution in [1.29, 1.82) is 0 Å². The number of benzene rings is 2. The first-order chi connectivity index (χ1) is 13.8. The molecular formula is C18H13ClF3N5O2. The van der Waals surface area contributed by atoms with E-state index in [4.69, 9.17) is 11.6 Å². The van der Waals surface area contributed by atoms with Crippen molar-refractivity contribution in [1.82, 2.24) is 20.1 Å². The minimum atomic E-state index is -1.71. The maximum Gasteiger partial charge on any atom is 0.291 e. The van der Waals surface area contributed by atoms with E-state index >= 15 is 0 Å². The molecule has 0 saturated carbocycles. The van der Waals surface area contributed by atoms with Crippen LogP contribution in [0, 0.1) is 24.4 Å². The smallest absolute Gasteiger partial charge is 0.291 e. The van der Waals surface area contributed by atoms with Gasteiger partial charge in [-0.2, -0.15) is 0 Å². The molecule has 0 bridgehead atoms. The summed E-state index contributed by atoms with van der Waals surface area (Å²) in [6.07, 6.45) is 0. The van der Waals surface area contributed by atoms with Crippen LogP contribution in [0.25, 0.3) is 5.69 Å². The van der Waals surface area contributed by atoms with Gasteiger partial charge in [-0.15, -0.1) is 5.10 Å². The van der Waals surface area contributed by atoms with Gasteiger partial charge in [0.1, 0.15) is 5.82 Å². The van der Waals surface area contributed by atoms with E-state index < -0.39 is 41.5 Å². The highest BCUT2D eigenvalue weighted by atomic mass is 35.5. The Kier molecular flexibility index (Phi) is 5.83. The number of amides is 2. The van der Waals surface area contributed by atoms with Crippen LogP contribution in [-0.2, 0) is 4.79 Å². The third-order valence-corrected chi connectivity index (χ3v) is 4.09. The van der Waals surface area contributed by atoms with Crippen molar-refractivity contribution in [2.75, 3.05) is 11.9 Å². The van der Waals surface area contributed by atoms with E-state index in [1.165, 1.54) is 4.68 Å². The molecule has 0 radical (unpaired) electrons. The number of hydrogen-bond donors (Lipinski definition) is 2. The molecule has 0 aliphatic carbocycles. The van der Waals surface area contributed by atoms with Crippen LogP contribution in [0.4, 0.5) is 18.9 Å². The van der Waals surface area contributed by atoms with E-state index in [2.05, 4.69) is 15.4 Å². The van der Waals surface area contributed by atoms with Crippen molar-refractivity contribution in [3.05, 3.63) is 70.5 Å². The first kappa shape index (κ1) is 20.3. The number of nitrogens with zero attached hydrogens (tertiary/aromatic N) is 3. The predicted octanol–water partition coefficient (Wildman–Crippen LogP) is 3.01. The van der Waals surface area contributed by atoms with Crippen molar-refractivity contribution >= 4 is 29.1 Å². The van der Waals surface area contributed by atoms with Gasteiger partial charge in [0.05, 0.1) is 22.9 Å². The maximum absolute atomic E-state index is 13.6. The summed E-state index contributed by atoms with van der Waals surface area (Å²) in [5, 5.41) is 8.76. The molecule has 3 aromatic rings. The topological polar surface area (TPSA) is 88.9 Å². The largest absolute Gasteiger partial charge is 0.340 e. The second-order valence-electron chi connectivity index (χ2n) is 5.80. The molecule has 0 fully saturated rings. The summed E-state index contributed by atoms with van der Waals surface area (Å²) in [6, 6.07) is 8.35. The minimum Gasteiger partial charge on any atom is -0.340 e. The molecule has 11 heteroatoms. The Labute approximate surface area is 167 Å². The Hall–Kier alpha value is -3.40. The lowest BCUT2D eigenvalue weighted by molar-refractivity contribution is -0.115. The molecule has 3 rings (SSSR count). The Morgan fingerprint density at radius 3 is 2.55 bits per heavy atom. The van der Waals surface area contributed by atoms with Gasteiger partial charge < -0.3 is 10.6 Å². The van der Waals surface area contributed by atoms with Gasteiger partial charge in [0.2, 0.25) is 11.7 Å². The summed E-state index contributed by atoms with van der Waals surface area (Å²) in [7, 11) is 0. The van der Waals surface area contributed by atoms with Gasteiger partial charge in [-0.25, -0.2) is 22.8 Å². The highest BCUT2D eigenvalue weighted by molar-refractivity contribution is 6.32. The van der Waals surface area contributed by atoms with E-state index in [0.717, 1.165) is 6.07 Å². The highest BCUT2D eigenvalue weighted by Gasteiger charge is 2.19. The summed E-state index contributed by atoms with van der Waals surface area (Å²) in [5.74, 6) is -6.09. The molecule has 1 heterocycles. The average molecular weight is 424 g/mol. The summed E-state index contributed by atoms with van der Waals surface area (Å²) >= 11 is 6.11. The number of carbonyl (C=O) groups excluding carboxylic acids is 2. The predicted molar refractivity (Wildman–Crippen MR) is 98.4 cm³/mol. The third kappa shape index (κ3) is 4.37. The van der Waals surface area contributed by atoms with E-state index in [9.17, 15) is 22.8 Å². The maximum atomic E-state index is 13.6. The molecule has 2 N–H and O–H groups in total. The van der Waals surface area contributed by atoms with Crippen molar-refractivity contribution in [3.8, 4) is 5.69 Å². The molecule has 1 aromatic heterocycles. The number of aromatic nitrogens is 3. The van der Waals surface area contributed by atoms with Crippen molar-refractivity contribution in [2.24, 2.45) is 0 Å². The minimum absolute atomic E-state index is 0.214. The number of anilines is 1. The van der Waals surface area contributed by atoms with Gasteiger partial charge in [0.15, 0.2) is 17.5 Å². The molecule has 29 heavy (non-hydrogen) atoms. The van der Waals surface area contributed by atoms with E-state index in [1.807, 2.05) is 5.32 Å². The summed E-state index contributed by atoms with van der Waals surface area (Å²) in [4.78, 5) is 28.1. The molecular weight excluding hydrogens is 411 g/mol. The lowest BCUT2D eigenvalue weighted by atomic mass is 10.2. The van der Waals surface area contributed by atoms with Crippen LogP contribution in [-0.4, -0.2) is 33.1 Å². The number of para-hydroxylation sites is 1. The van der Waals surface area contributed by atoms with Gasteiger partial charge in [-0.05, 0) is 31.2 Å². The number of halogens is 4. The molecule has 150 valence electrons. The number of carbonyl (C=O) groups is 2. The van der Waals surface area contributed by atoms with Gasteiger partial charge in [0.25, 0.3) is 5.91 Å². The highest BCUT2D eigenvalue weighted by Crippen LogP contribution is 2.20. The van der Waals surface area contributed by atoms with Crippen LogP contribution >= 0.6 is 11.6 Å². The number of rotatable bonds is 5. The molecule has 0 spiro atoms. The van der Waals surface area contributed by atoms with Crippen molar-refractivity contribution in [3.63, 3.8) is 0 Å². The number of hydrogen-bond acceptors (Lipinski definition) is 4. The quantitative estimate of drug-likeness (QED) is 0.617. The number of nitrogens with one attached hydrogen (secondary N) is 2. The number of aryl methyl sites for hydroxylation is 1. The molecule has 2 aromatic carbocycles. The Morgan fingerprint density at radius 1 is 1.10 bits per heavy atom. The van der Waals surface area contributed by atoms with Crippen LogP contribution in [0.1, 0.15) is 16.4 Å². The molecule has 2 amide bonds. The molecule has 7 nitrogen and oxygen atoms in total. The Balaban J connectivity index is 1.66. The SMILES string of the molecule is Cc1nc(C(=O)NCC(=O)Nc2ccc(F)c(F)c2F)nn1-c1ccccc1Cl. The van der Waals surface area contributed by atoms with E-state index in [-0.39, 0.29) is 5.82 Å². The molecule has 0 unspecified atom stereocenters. The third-order valence-electron chi connectivity index (χ3n) is 3.77. The molecule has 0 atom stereocenters. The van der Waals surface area contributed by atoms with E-state index in [0.29, 0.717) is 22.6 Å². The fourth-order valence-electron chi connectivity index (χ4n) is 2.39. The zero-order chi connectivity index (χ0) is 21.1. The zero-order valence-electron chi connectivity index (χ0n) is 14.8. The van der Waals surface area contributed by atoms with Crippen LogP contribution in [0.2, 0.25) is 5.02 Å². The molecule has 0 aliphatic rings. The first-order valence-corrected chi connectivity index (χ1v) is 8.56. The standard InChI is InChI=1S/C18H13ClF3N5O2/c1-9-24-17(26-27(9)13-5-3-2-4-10(13)19)18(29)23-8-14(28)25-12-7-6-11(20)15(21)16(12)22/h2-7H,8H2,1H3,(H,23,29)(H,25,28). The second-order valence-corrected chi connectivity index (χ2v) is 6.21. The van der Waals surface area contributed by atoms with Crippen LogP contribution in [0.3, 0.4) is 0 Å². The normalized spacial score (nSPS) is 10.7. The van der Waals surface area contributed by atoms with Gasteiger partial charge >= 0.3 is 0 Å². The van der Waals surface area contributed by atoms with E-state index in [1.54, 1.807) is 31.2 Å². The fourth-order valence-corrected chi connectivity index (χ4v) is 2.61. The summed E-state index contributed by atoms with van der Waals surface area (Å²) < 4.78 is 41.0. The lowest BCUT2D eigenvalue weighted by Crippen LogP contribution is -2.33. The van der Waals surface area contributed by atoms with Gasteiger partial charge in [-0.3, -0.25) is 9.59 Å². The van der Waals surface area contributed by atoms with Gasteiger partial charge in [0, 0.05) is 0 Å². The van der Waals surface area contributed by atoms with Crippen molar-refractivity contribution < 1.29 is 22.8 Å². The van der Waals surface area contributed by atoms with Crippen LogP contribution in [0.15, 0.2) is 36.4 Å². The fraction of sp³-hybridized carbons (Fsp3) is 0.111. The monoisotopic (exact) mass is 423 g/mol. The first-order valence-electron chi connectivity index (χ1n) is 8.18.